The van der Waals surface area contributed by atoms with Crippen molar-refractivity contribution in [2.45, 2.75) is 52.5 Å². The van der Waals surface area contributed by atoms with Crippen LogP contribution in [0.15, 0.2) is 60.7 Å². The molecule has 0 fully saturated rings. The maximum absolute atomic E-state index is 12.2. The molecule has 0 aliphatic heterocycles. The number of carbonyl (C=O) groups excluding carboxylic acids is 1. The largest absolute Gasteiger partial charge is 0.492 e. The molecule has 194 valence electrons. The summed E-state index contributed by atoms with van der Waals surface area (Å²) >= 11 is 12.4. The summed E-state index contributed by atoms with van der Waals surface area (Å²) in [7, 11) is 0. The highest BCUT2D eigenvalue weighted by molar-refractivity contribution is 6.32. The fraction of sp³-hybridized carbons (Fsp3) is 0.333. The highest BCUT2D eigenvalue weighted by Gasteiger charge is 2.11. The second-order valence-corrected chi connectivity index (χ2v) is 10.1. The van der Waals surface area contributed by atoms with E-state index in [-0.39, 0.29) is 5.91 Å². The predicted molar refractivity (Wildman–Crippen MR) is 152 cm³/mol. The van der Waals surface area contributed by atoms with E-state index in [1.165, 1.54) is 0 Å². The predicted octanol–water partition coefficient (Wildman–Crippen LogP) is 7.11. The van der Waals surface area contributed by atoms with E-state index < -0.39 is 0 Å². The molecule has 0 unspecified atom stereocenters. The van der Waals surface area contributed by atoms with Crippen LogP contribution in [-0.2, 0) is 24.2 Å². The van der Waals surface area contributed by atoms with Gasteiger partial charge in [-0.05, 0) is 73.7 Å². The number of aromatic nitrogens is 2. The Morgan fingerprint density at radius 2 is 1.70 bits per heavy atom. The number of hydrogen-bond donors (Lipinski definition) is 1. The summed E-state index contributed by atoms with van der Waals surface area (Å²) in [6, 6.07) is 19.6. The molecule has 0 spiro atoms. The van der Waals surface area contributed by atoms with E-state index in [4.69, 9.17) is 32.9 Å². The zero-order valence-electron chi connectivity index (χ0n) is 21.4. The zero-order valence-corrected chi connectivity index (χ0v) is 22.9. The molecule has 4 rings (SSSR count). The van der Waals surface area contributed by atoms with Gasteiger partial charge in [-0.25, -0.2) is 4.98 Å². The summed E-state index contributed by atoms with van der Waals surface area (Å²) in [6.45, 7) is 5.91. The quantitative estimate of drug-likeness (QED) is 0.196. The maximum Gasteiger partial charge on any atom is 0.224 e. The van der Waals surface area contributed by atoms with Gasteiger partial charge in [0.05, 0.1) is 24.0 Å². The molecule has 0 aliphatic rings. The Bertz CT molecular complexity index is 1340. The summed E-state index contributed by atoms with van der Waals surface area (Å²) in [5.41, 5.74) is 5.01. The lowest BCUT2D eigenvalue weighted by Crippen LogP contribution is -2.26. The molecule has 5 nitrogen and oxygen atoms in total. The van der Waals surface area contributed by atoms with Crippen molar-refractivity contribution in [3.05, 3.63) is 93.2 Å². The van der Waals surface area contributed by atoms with Gasteiger partial charge in [0.2, 0.25) is 5.91 Å². The number of amides is 1. The van der Waals surface area contributed by atoms with Crippen molar-refractivity contribution in [1.82, 2.24) is 14.9 Å². The molecular weight excluding hydrogens is 505 g/mol. The molecule has 37 heavy (non-hydrogen) atoms. The number of carbonyl (C=O) groups is 1. The Kier molecular flexibility index (Phi) is 9.48. The summed E-state index contributed by atoms with van der Waals surface area (Å²) in [5.74, 6) is 1.90. The molecule has 7 heteroatoms. The van der Waals surface area contributed by atoms with E-state index >= 15 is 0 Å². The van der Waals surface area contributed by atoms with Gasteiger partial charge in [-0.2, -0.15) is 0 Å². The number of unbranched alkanes of at least 4 members (excludes halogenated alkanes) is 2. The van der Waals surface area contributed by atoms with E-state index in [9.17, 15) is 4.79 Å². The van der Waals surface area contributed by atoms with Crippen LogP contribution >= 0.6 is 23.2 Å². The number of benzene rings is 3. The van der Waals surface area contributed by atoms with Gasteiger partial charge >= 0.3 is 0 Å². The number of imidazole rings is 1. The van der Waals surface area contributed by atoms with Crippen LogP contribution in [0.25, 0.3) is 11.0 Å². The fourth-order valence-corrected chi connectivity index (χ4v) is 4.81. The summed E-state index contributed by atoms with van der Waals surface area (Å²) < 4.78 is 8.33. The molecule has 1 heterocycles. The highest BCUT2D eigenvalue weighted by atomic mass is 35.5. The number of para-hydroxylation sites is 2. The number of nitrogens with one attached hydrogen (secondary N) is 1. The topological polar surface area (TPSA) is 56.1 Å². The summed E-state index contributed by atoms with van der Waals surface area (Å²) in [4.78, 5) is 17.1. The van der Waals surface area contributed by atoms with E-state index in [0.717, 1.165) is 70.0 Å². The first-order valence-corrected chi connectivity index (χ1v) is 13.5. The lowest BCUT2D eigenvalue weighted by atomic mass is 10.1. The van der Waals surface area contributed by atoms with Gasteiger partial charge in [0.15, 0.2) is 0 Å². The molecule has 3 aromatic carbocycles. The Labute approximate surface area is 228 Å². The monoisotopic (exact) mass is 537 g/mol. The Hall–Kier alpha value is -3.02. The number of nitrogens with zero attached hydrogens (tertiary/aromatic N) is 2. The van der Waals surface area contributed by atoms with Gasteiger partial charge in [-0.15, -0.1) is 0 Å². The van der Waals surface area contributed by atoms with Gasteiger partial charge in [0.25, 0.3) is 0 Å². The molecule has 1 N–H and O–H groups in total. The van der Waals surface area contributed by atoms with Gasteiger partial charge in [-0.1, -0.05) is 60.0 Å². The number of fused-ring (bicyclic) bond motifs is 1. The van der Waals surface area contributed by atoms with Crippen molar-refractivity contribution in [2.24, 2.45) is 0 Å². The molecule has 0 atom stereocenters. The number of ether oxygens (including phenoxy) is 1. The van der Waals surface area contributed by atoms with Crippen LogP contribution in [0.3, 0.4) is 0 Å². The first-order valence-electron chi connectivity index (χ1n) is 12.8. The van der Waals surface area contributed by atoms with E-state index in [1.807, 2.05) is 62.4 Å². The summed E-state index contributed by atoms with van der Waals surface area (Å²) in [5, 5.41) is 4.42. The van der Waals surface area contributed by atoms with E-state index in [0.29, 0.717) is 31.1 Å². The van der Waals surface area contributed by atoms with Crippen molar-refractivity contribution >= 4 is 40.1 Å². The Morgan fingerprint density at radius 3 is 2.49 bits per heavy atom. The normalized spacial score (nSPS) is 11.1. The highest BCUT2D eigenvalue weighted by Crippen LogP contribution is 2.26. The third-order valence-electron chi connectivity index (χ3n) is 6.44. The average molecular weight is 539 g/mol. The number of rotatable bonds is 12. The second-order valence-electron chi connectivity index (χ2n) is 9.32. The van der Waals surface area contributed by atoms with Crippen LogP contribution in [0.1, 0.15) is 41.8 Å². The zero-order chi connectivity index (χ0) is 26.2. The average Bonchev–Trinajstić information content (AvgIpc) is 3.23. The lowest BCUT2D eigenvalue weighted by molar-refractivity contribution is -0.120. The minimum atomic E-state index is 0.000896. The third-order valence-corrected chi connectivity index (χ3v) is 7.40. The Morgan fingerprint density at radius 1 is 0.973 bits per heavy atom. The van der Waals surface area contributed by atoms with E-state index in [1.54, 1.807) is 0 Å². The van der Waals surface area contributed by atoms with Crippen LogP contribution in [0.4, 0.5) is 0 Å². The molecule has 1 aromatic heterocycles. The van der Waals surface area contributed by atoms with Gasteiger partial charge < -0.3 is 14.6 Å². The van der Waals surface area contributed by atoms with Crippen molar-refractivity contribution in [3.8, 4) is 5.75 Å². The molecule has 0 radical (unpaired) electrons. The first kappa shape index (κ1) is 27.0. The minimum Gasteiger partial charge on any atom is -0.492 e. The molecule has 0 saturated heterocycles. The maximum atomic E-state index is 12.2. The Balaban J connectivity index is 1.26. The van der Waals surface area contributed by atoms with Gasteiger partial charge in [0.1, 0.15) is 18.2 Å². The van der Waals surface area contributed by atoms with Crippen molar-refractivity contribution < 1.29 is 9.53 Å². The minimum absolute atomic E-state index is 0.000896. The molecule has 0 aliphatic carbocycles. The number of aryl methyl sites for hydroxylation is 3. The fourth-order valence-electron chi connectivity index (χ4n) is 4.50. The molecule has 0 bridgehead atoms. The standard InChI is InChI=1S/C30H33Cl2N3O2/c1-21-18-24(19-22(2)30(21)32)37-17-16-35-27-13-8-7-12-26(27)34-28(35)14-4-3-9-15-33-29(36)20-23-10-5-6-11-25(23)31/h5-8,10-13,18-19H,3-4,9,14-17,20H2,1-2H3,(H,33,36). The van der Waals surface area contributed by atoms with Gasteiger partial charge in [0, 0.05) is 23.0 Å². The van der Waals surface area contributed by atoms with Crippen LogP contribution in [0, 0.1) is 13.8 Å². The molecule has 1 amide bonds. The first-order chi connectivity index (χ1) is 17.9. The second kappa shape index (κ2) is 13.0. The van der Waals surface area contributed by atoms with Crippen molar-refractivity contribution in [1.29, 1.82) is 0 Å². The SMILES string of the molecule is Cc1cc(OCCn2c(CCCCCNC(=O)Cc3ccccc3Cl)nc3ccccc32)cc(C)c1Cl. The lowest BCUT2D eigenvalue weighted by Gasteiger charge is -2.13. The van der Waals surface area contributed by atoms with Crippen molar-refractivity contribution in [3.63, 3.8) is 0 Å². The number of halogens is 2. The van der Waals surface area contributed by atoms with Crippen LogP contribution < -0.4 is 10.1 Å². The third kappa shape index (κ3) is 7.27. The van der Waals surface area contributed by atoms with Gasteiger partial charge in [-0.3, -0.25) is 4.79 Å². The molecule has 4 aromatic rings. The smallest absolute Gasteiger partial charge is 0.224 e. The van der Waals surface area contributed by atoms with Crippen LogP contribution in [0.5, 0.6) is 5.75 Å². The van der Waals surface area contributed by atoms with Crippen LogP contribution in [0.2, 0.25) is 10.0 Å². The molecular formula is C30H33Cl2N3O2. The van der Waals surface area contributed by atoms with Crippen molar-refractivity contribution in [2.75, 3.05) is 13.2 Å². The molecule has 0 saturated carbocycles. The number of hydrogen-bond acceptors (Lipinski definition) is 3. The van der Waals surface area contributed by atoms with Crippen LogP contribution in [-0.4, -0.2) is 28.6 Å². The van der Waals surface area contributed by atoms with E-state index in [2.05, 4.69) is 22.0 Å². The summed E-state index contributed by atoms with van der Waals surface area (Å²) in [6.07, 6.45) is 4.12.